The molecule has 3 rings (SSSR count). The molecule has 0 spiro atoms. The van der Waals surface area contributed by atoms with Crippen LogP contribution in [-0.4, -0.2) is 92.3 Å². The number of fused-ring (bicyclic) bond motifs is 1. The summed E-state index contributed by atoms with van der Waals surface area (Å²) < 4.78 is 24.4. The van der Waals surface area contributed by atoms with E-state index >= 15 is 0 Å². The van der Waals surface area contributed by atoms with Crippen LogP contribution in [0.15, 0.2) is 0 Å². The zero-order chi connectivity index (χ0) is 18.4. The van der Waals surface area contributed by atoms with E-state index in [0.29, 0.717) is 24.9 Å². The number of piperazine rings is 1. The van der Waals surface area contributed by atoms with E-state index in [-0.39, 0.29) is 41.9 Å². The van der Waals surface area contributed by atoms with Crippen molar-refractivity contribution < 1.29 is 18.0 Å². The molecule has 0 unspecified atom stereocenters. The van der Waals surface area contributed by atoms with Gasteiger partial charge in [-0.25, -0.2) is 8.42 Å². The van der Waals surface area contributed by atoms with Gasteiger partial charge in [0.25, 0.3) is 0 Å². The summed E-state index contributed by atoms with van der Waals surface area (Å²) in [4.78, 5) is 30.0. The van der Waals surface area contributed by atoms with Gasteiger partial charge in [-0.2, -0.15) is 0 Å². The molecular weight excluding hydrogens is 342 g/mol. The van der Waals surface area contributed by atoms with Crippen molar-refractivity contribution in [3.8, 4) is 0 Å². The first kappa shape index (κ1) is 18.6. The van der Waals surface area contributed by atoms with E-state index in [4.69, 9.17) is 0 Å². The standard InChI is InChI=1S/C17H29N3O4S/c1-17(6-7-17)5-4-15(21)20-9-8-19(10-16(22)18(2)3)13-11-25(23,24)12-14(13)20/h13-14H,4-12H2,1-3H3/t13-,14+/m0/s1. The molecule has 0 aromatic carbocycles. The van der Waals surface area contributed by atoms with E-state index in [1.807, 2.05) is 4.90 Å². The number of amides is 2. The molecule has 0 aromatic rings. The molecule has 2 heterocycles. The minimum atomic E-state index is -3.18. The van der Waals surface area contributed by atoms with Crippen LogP contribution in [0.4, 0.5) is 0 Å². The fourth-order valence-corrected chi connectivity index (χ4v) is 5.87. The van der Waals surface area contributed by atoms with Crippen molar-refractivity contribution in [2.24, 2.45) is 5.41 Å². The molecule has 1 saturated carbocycles. The van der Waals surface area contributed by atoms with E-state index < -0.39 is 9.84 Å². The van der Waals surface area contributed by atoms with Crippen LogP contribution in [0.5, 0.6) is 0 Å². The molecule has 2 atom stereocenters. The Hall–Kier alpha value is -1.15. The quantitative estimate of drug-likeness (QED) is 0.678. The van der Waals surface area contributed by atoms with Crippen LogP contribution in [0.25, 0.3) is 0 Å². The Kier molecular flexibility index (Phi) is 4.87. The number of carbonyl (C=O) groups excluding carboxylic acids is 2. The maximum Gasteiger partial charge on any atom is 0.236 e. The molecule has 142 valence electrons. The smallest absolute Gasteiger partial charge is 0.236 e. The van der Waals surface area contributed by atoms with Gasteiger partial charge in [0.05, 0.1) is 24.1 Å². The van der Waals surface area contributed by atoms with Crippen LogP contribution < -0.4 is 0 Å². The zero-order valence-corrected chi connectivity index (χ0v) is 16.2. The minimum absolute atomic E-state index is 0.0212. The van der Waals surface area contributed by atoms with Crippen LogP contribution in [0.1, 0.15) is 32.6 Å². The fourth-order valence-electron chi connectivity index (χ4n) is 3.86. The second kappa shape index (κ2) is 6.54. The Bertz CT molecular complexity index is 657. The van der Waals surface area contributed by atoms with Crippen molar-refractivity contribution >= 4 is 21.7 Å². The molecule has 0 radical (unpaired) electrons. The summed E-state index contributed by atoms with van der Waals surface area (Å²) in [6.07, 6.45) is 3.74. The number of hydrogen-bond acceptors (Lipinski definition) is 5. The van der Waals surface area contributed by atoms with E-state index in [9.17, 15) is 18.0 Å². The van der Waals surface area contributed by atoms with Gasteiger partial charge in [0, 0.05) is 39.6 Å². The number of likely N-dealkylation sites (N-methyl/N-ethyl adjacent to an activating group) is 1. The lowest BCUT2D eigenvalue weighted by Crippen LogP contribution is -2.61. The SMILES string of the molecule is CN(C)C(=O)CN1CCN(C(=O)CCC2(C)CC2)[C@@H]2CS(=O)(=O)C[C@@H]21. The van der Waals surface area contributed by atoms with Crippen LogP contribution in [0.2, 0.25) is 0 Å². The summed E-state index contributed by atoms with van der Waals surface area (Å²) >= 11 is 0. The largest absolute Gasteiger partial charge is 0.348 e. The van der Waals surface area contributed by atoms with E-state index in [1.54, 1.807) is 19.0 Å². The Labute approximate surface area is 150 Å². The van der Waals surface area contributed by atoms with Crippen molar-refractivity contribution in [1.82, 2.24) is 14.7 Å². The first-order valence-electron chi connectivity index (χ1n) is 9.04. The summed E-state index contributed by atoms with van der Waals surface area (Å²) in [6, 6.07) is -0.573. The van der Waals surface area contributed by atoms with Gasteiger partial charge in [-0.15, -0.1) is 0 Å². The molecular formula is C17H29N3O4S. The molecule has 2 amide bonds. The van der Waals surface area contributed by atoms with E-state index in [0.717, 1.165) is 6.42 Å². The van der Waals surface area contributed by atoms with Crippen LogP contribution in [0.3, 0.4) is 0 Å². The Morgan fingerprint density at radius 2 is 1.76 bits per heavy atom. The van der Waals surface area contributed by atoms with Gasteiger partial charge in [0.1, 0.15) is 0 Å². The first-order chi connectivity index (χ1) is 11.6. The Morgan fingerprint density at radius 1 is 1.12 bits per heavy atom. The molecule has 0 aromatic heterocycles. The maximum absolute atomic E-state index is 12.7. The molecule has 0 bridgehead atoms. The fraction of sp³-hybridized carbons (Fsp3) is 0.882. The number of rotatable bonds is 5. The van der Waals surface area contributed by atoms with Crippen molar-refractivity contribution in [2.45, 2.75) is 44.7 Å². The number of hydrogen-bond donors (Lipinski definition) is 0. The molecule has 1 aliphatic carbocycles. The highest BCUT2D eigenvalue weighted by Gasteiger charge is 2.48. The average Bonchev–Trinajstić information content (AvgIpc) is 3.16. The summed E-state index contributed by atoms with van der Waals surface area (Å²) in [6.45, 7) is 3.48. The van der Waals surface area contributed by atoms with Gasteiger partial charge in [0.2, 0.25) is 11.8 Å². The van der Waals surface area contributed by atoms with Gasteiger partial charge in [-0.05, 0) is 24.7 Å². The van der Waals surface area contributed by atoms with Crippen LogP contribution in [-0.2, 0) is 19.4 Å². The van der Waals surface area contributed by atoms with Crippen molar-refractivity contribution in [3.05, 3.63) is 0 Å². The third-order valence-corrected chi connectivity index (χ3v) is 7.69. The molecule has 7 nitrogen and oxygen atoms in total. The third-order valence-electron chi connectivity index (χ3n) is 5.99. The number of nitrogens with zero attached hydrogens (tertiary/aromatic N) is 3. The van der Waals surface area contributed by atoms with Crippen LogP contribution in [0, 0.1) is 5.41 Å². The van der Waals surface area contributed by atoms with E-state index in [1.165, 1.54) is 17.7 Å². The highest BCUT2D eigenvalue weighted by atomic mass is 32.2. The van der Waals surface area contributed by atoms with Crippen molar-refractivity contribution in [3.63, 3.8) is 0 Å². The molecule has 0 N–H and O–H groups in total. The predicted molar refractivity (Wildman–Crippen MR) is 94.8 cm³/mol. The Morgan fingerprint density at radius 3 is 2.36 bits per heavy atom. The summed E-state index contributed by atoms with van der Waals surface area (Å²) in [5.74, 6) is 0.0935. The lowest BCUT2D eigenvalue weighted by molar-refractivity contribution is -0.139. The predicted octanol–water partition coefficient (Wildman–Crippen LogP) is -0.0353. The van der Waals surface area contributed by atoms with E-state index in [2.05, 4.69) is 6.92 Å². The molecule has 8 heteroatoms. The molecule has 3 aliphatic rings. The second-order valence-corrected chi connectivity index (χ2v) is 10.5. The maximum atomic E-state index is 12.7. The molecule has 25 heavy (non-hydrogen) atoms. The van der Waals surface area contributed by atoms with Crippen molar-refractivity contribution in [2.75, 3.05) is 45.2 Å². The monoisotopic (exact) mass is 371 g/mol. The third kappa shape index (κ3) is 4.16. The molecule has 2 saturated heterocycles. The highest BCUT2D eigenvalue weighted by molar-refractivity contribution is 7.91. The minimum Gasteiger partial charge on any atom is -0.348 e. The van der Waals surface area contributed by atoms with Gasteiger partial charge >= 0.3 is 0 Å². The lowest BCUT2D eigenvalue weighted by atomic mass is 10.00. The van der Waals surface area contributed by atoms with Gasteiger partial charge in [-0.1, -0.05) is 6.92 Å². The molecule has 3 fully saturated rings. The lowest BCUT2D eigenvalue weighted by Gasteiger charge is -2.44. The second-order valence-electron chi connectivity index (χ2n) is 8.37. The molecule has 2 aliphatic heterocycles. The topological polar surface area (TPSA) is 78.0 Å². The first-order valence-corrected chi connectivity index (χ1v) is 10.9. The normalized spacial score (nSPS) is 30.0. The van der Waals surface area contributed by atoms with Gasteiger partial charge in [-0.3, -0.25) is 14.5 Å². The highest BCUT2D eigenvalue weighted by Crippen LogP contribution is 2.49. The van der Waals surface area contributed by atoms with Gasteiger partial charge in [0.15, 0.2) is 9.84 Å². The number of carbonyl (C=O) groups is 2. The summed E-state index contributed by atoms with van der Waals surface area (Å²) in [5.41, 5.74) is 0.316. The Balaban J connectivity index is 1.69. The van der Waals surface area contributed by atoms with Crippen molar-refractivity contribution in [1.29, 1.82) is 0 Å². The summed E-state index contributed by atoms with van der Waals surface area (Å²) in [7, 11) is 0.220. The summed E-state index contributed by atoms with van der Waals surface area (Å²) in [5, 5.41) is 0. The van der Waals surface area contributed by atoms with Gasteiger partial charge < -0.3 is 9.80 Å². The van der Waals surface area contributed by atoms with Crippen LogP contribution >= 0.6 is 0 Å². The number of sulfone groups is 1. The zero-order valence-electron chi connectivity index (χ0n) is 15.4. The average molecular weight is 372 g/mol.